The summed E-state index contributed by atoms with van der Waals surface area (Å²) < 4.78 is 0. The Kier molecular flexibility index (Phi) is 2.89. The summed E-state index contributed by atoms with van der Waals surface area (Å²) in [4.78, 5) is 4.89. The van der Waals surface area contributed by atoms with Crippen LogP contribution in [0.25, 0.3) is 0 Å². The molecule has 0 aliphatic heterocycles. The van der Waals surface area contributed by atoms with E-state index in [0.29, 0.717) is 6.61 Å². The van der Waals surface area contributed by atoms with Crippen LogP contribution in [0.15, 0.2) is 24.3 Å². The summed E-state index contributed by atoms with van der Waals surface area (Å²) in [7, 11) is 1.68. The van der Waals surface area contributed by atoms with E-state index in [1.54, 1.807) is 19.2 Å². The summed E-state index contributed by atoms with van der Waals surface area (Å²) in [5.74, 6) is 0.266. The molecule has 1 rings (SSSR count). The molecule has 11 heavy (non-hydrogen) atoms. The number of aromatic hydroxyl groups is 1. The molecule has 0 aliphatic carbocycles. The summed E-state index contributed by atoms with van der Waals surface area (Å²) in [6.45, 7) is 0.378. The third kappa shape index (κ3) is 2.22. The van der Waals surface area contributed by atoms with Crippen LogP contribution in [-0.4, -0.2) is 12.2 Å². The van der Waals surface area contributed by atoms with Gasteiger partial charge in [-0.2, -0.15) is 0 Å². The Morgan fingerprint density at radius 1 is 1.45 bits per heavy atom. The van der Waals surface area contributed by atoms with E-state index in [9.17, 15) is 5.11 Å². The maximum absolute atomic E-state index is 9.23. The molecule has 0 saturated carbocycles. The first-order chi connectivity index (χ1) is 5.34. The lowest BCUT2D eigenvalue weighted by atomic mass is 10.2. The Hall–Kier alpha value is -1.06. The van der Waals surface area contributed by atoms with Gasteiger partial charge in [-0.15, -0.1) is 0 Å². The number of benzene rings is 1. The second-order valence-corrected chi connectivity index (χ2v) is 2.12. The van der Waals surface area contributed by atoms with Crippen LogP contribution >= 0.6 is 0 Å². The highest BCUT2D eigenvalue weighted by molar-refractivity contribution is 5.30. The molecule has 0 bridgehead atoms. The summed E-state index contributed by atoms with van der Waals surface area (Å²) in [6, 6.07) is 7.08. The third-order valence-electron chi connectivity index (χ3n) is 1.36. The van der Waals surface area contributed by atoms with Crippen LogP contribution < -0.4 is 5.48 Å². The lowest BCUT2D eigenvalue weighted by Crippen LogP contribution is -2.06. The van der Waals surface area contributed by atoms with Crippen molar-refractivity contribution in [3.63, 3.8) is 0 Å². The lowest BCUT2D eigenvalue weighted by Gasteiger charge is -2.02. The quantitative estimate of drug-likeness (QED) is 0.637. The second-order valence-electron chi connectivity index (χ2n) is 2.12. The highest BCUT2D eigenvalue weighted by atomic mass is 16.6. The summed E-state index contributed by atoms with van der Waals surface area (Å²) >= 11 is 0. The van der Waals surface area contributed by atoms with Gasteiger partial charge in [0, 0.05) is 12.6 Å². The van der Waals surface area contributed by atoms with Gasteiger partial charge in [-0.3, -0.25) is 4.84 Å². The van der Waals surface area contributed by atoms with Gasteiger partial charge >= 0.3 is 0 Å². The molecule has 0 amide bonds. The van der Waals surface area contributed by atoms with Gasteiger partial charge in [0.2, 0.25) is 0 Å². The van der Waals surface area contributed by atoms with E-state index >= 15 is 0 Å². The van der Waals surface area contributed by atoms with Crippen LogP contribution in [0.3, 0.4) is 0 Å². The molecule has 3 heteroatoms. The van der Waals surface area contributed by atoms with Crippen molar-refractivity contribution in [1.82, 2.24) is 5.48 Å². The van der Waals surface area contributed by atoms with Gasteiger partial charge in [0.1, 0.15) is 5.75 Å². The smallest absolute Gasteiger partial charge is 0.121 e. The number of phenolic OH excluding ortho intramolecular Hbond substituents is 1. The number of hydroxylamine groups is 1. The minimum absolute atomic E-state index is 0.266. The van der Waals surface area contributed by atoms with Crippen LogP contribution in [0.4, 0.5) is 0 Å². The zero-order valence-corrected chi connectivity index (χ0v) is 6.37. The van der Waals surface area contributed by atoms with Crippen molar-refractivity contribution in [3.05, 3.63) is 29.8 Å². The lowest BCUT2D eigenvalue weighted by molar-refractivity contribution is 0.0433. The van der Waals surface area contributed by atoms with Crippen molar-refractivity contribution < 1.29 is 9.94 Å². The van der Waals surface area contributed by atoms with Gasteiger partial charge in [0.15, 0.2) is 0 Å². The predicted octanol–water partition coefficient (Wildman–Crippen LogP) is 1.04. The fraction of sp³-hybridized carbons (Fsp3) is 0.250. The number of hydrogen-bond acceptors (Lipinski definition) is 3. The Balaban J connectivity index is 2.62. The Bertz CT molecular complexity index is 225. The minimum atomic E-state index is 0.266. The van der Waals surface area contributed by atoms with Crippen LogP contribution in [-0.2, 0) is 11.4 Å². The van der Waals surface area contributed by atoms with Crippen molar-refractivity contribution in [1.29, 1.82) is 0 Å². The number of nitrogens with one attached hydrogen (secondary N) is 1. The summed E-state index contributed by atoms with van der Waals surface area (Å²) in [6.07, 6.45) is 0. The molecule has 0 aliphatic rings. The van der Waals surface area contributed by atoms with Crippen LogP contribution in [0.1, 0.15) is 5.56 Å². The topological polar surface area (TPSA) is 41.5 Å². The van der Waals surface area contributed by atoms with Gasteiger partial charge in [-0.05, 0) is 6.07 Å². The van der Waals surface area contributed by atoms with Gasteiger partial charge in [-0.25, -0.2) is 5.48 Å². The maximum atomic E-state index is 9.23. The Morgan fingerprint density at radius 3 is 2.82 bits per heavy atom. The van der Waals surface area contributed by atoms with Crippen molar-refractivity contribution >= 4 is 0 Å². The molecule has 3 nitrogen and oxygen atoms in total. The van der Waals surface area contributed by atoms with E-state index < -0.39 is 0 Å². The molecule has 0 aromatic heterocycles. The van der Waals surface area contributed by atoms with Gasteiger partial charge in [-0.1, -0.05) is 18.2 Å². The molecule has 0 saturated heterocycles. The number of para-hydroxylation sites is 1. The van der Waals surface area contributed by atoms with Crippen molar-refractivity contribution in [2.45, 2.75) is 6.61 Å². The van der Waals surface area contributed by atoms with Gasteiger partial charge < -0.3 is 5.11 Å². The zero-order chi connectivity index (χ0) is 8.10. The average molecular weight is 153 g/mol. The van der Waals surface area contributed by atoms with E-state index in [1.807, 2.05) is 12.1 Å². The molecule has 0 fully saturated rings. The van der Waals surface area contributed by atoms with E-state index in [0.717, 1.165) is 5.56 Å². The fourth-order valence-electron chi connectivity index (χ4n) is 0.783. The number of hydrogen-bond donors (Lipinski definition) is 2. The molecule has 0 radical (unpaired) electrons. The molecule has 0 spiro atoms. The molecule has 2 N–H and O–H groups in total. The molecule has 1 aromatic carbocycles. The van der Waals surface area contributed by atoms with Crippen LogP contribution in [0.5, 0.6) is 5.75 Å². The normalized spacial score (nSPS) is 9.91. The maximum Gasteiger partial charge on any atom is 0.121 e. The standard InChI is InChI=1S/C8H11NO2/c1-9-11-6-7-4-2-3-5-8(7)10/h2-5,9-10H,6H2,1H3. The molecule has 0 unspecified atom stereocenters. The van der Waals surface area contributed by atoms with Gasteiger partial charge in [0.25, 0.3) is 0 Å². The zero-order valence-electron chi connectivity index (χ0n) is 6.37. The van der Waals surface area contributed by atoms with E-state index in [2.05, 4.69) is 5.48 Å². The Labute approximate surface area is 65.6 Å². The molecule has 60 valence electrons. The number of phenols is 1. The highest BCUT2D eigenvalue weighted by Crippen LogP contribution is 2.15. The minimum Gasteiger partial charge on any atom is -0.508 e. The van der Waals surface area contributed by atoms with E-state index in [1.165, 1.54) is 0 Å². The molecule has 0 atom stereocenters. The van der Waals surface area contributed by atoms with Crippen molar-refractivity contribution in [3.8, 4) is 5.75 Å². The van der Waals surface area contributed by atoms with Crippen molar-refractivity contribution in [2.24, 2.45) is 0 Å². The second kappa shape index (κ2) is 3.95. The van der Waals surface area contributed by atoms with E-state index in [4.69, 9.17) is 4.84 Å². The fourth-order valence-corrected chi connectivity index (χ4v) is 0.783. The molecular formula is C8H11NO2. The number of rotatable bonds is 3. The summed E-state index contributed by atoms with van der Waals surface area (Å²) in [5.41, 5.74) is 3.31. The monoisotopic (exact) mass is 153 g/mol. The van der Waals surface area contributed by atoms with Crippen LogP contribution in [0, 0.1) is 0 Å². The van der Waals surface area contributed by atoms with Crippen molar-refractivity contribution in [2.75, 3.05) is 7.05 Å². The largest absolute Gasteiger partial charge is 0.508 e. The average Bonchev–Trinajstić information content (AvgIpc) is 2.03. The first-order valence-corrected chi connectivity index (χ1v) is 3.40. The predicted molar refractivity (Wildman–Crippen MR) is 42.0 cm³/mol. The third-order valence-corrected chi connectivity index (χ3v) is 1.36. The molecule has 0 heterocycles. The Morgan fingerprint density at radius 2 is 2.18 bits per heavy atom. The van der Waals surface area contributed by atoms with Gasteiger partial charge in [0.05, 0.1) is 6.61 Å². The van der Waals surface area contributed by atoms with E-state index in [-0.39, 0.29) is 5.75 Å². The molecule has 1 aromatic rings. The first-order valence-electron chi connectivity index (χ1n) is 3.40. The van der Waals surface area contributed by atoms with Crippen LogP contribution in [0.2, 0.25) is 0 Å². The SMILES string of the molecule is CNOCc1ccccc1O. The first kappa shape index (κ1) is 8.04. The highest BCUT2D eigenvalue weighted by Gasteiger charge is 1.97. The molecular weight excluding hydrogens is 142 g/mol. The summed E-state index contributed by atoms with van der Waals surface area (Å²) in [5, 5.41) is 9.23.